The summed E-state index contributed by atoms with van der Waals surface area (Å²) in [6.45, 7) is 8.63. The first-order valence-corrected chi connectivity index (χ1v) is 6.12. The van der Waals surface area contributed by atoms with Crippen LogP contribution in [0.25, 0.3) is 0 Å². The quantitative estimate of drug-likeness (QED) is 0.483. The smallest absolute Gasteiger partial charge is 0.330 e. The van der Waals surface area contributed by atoms with E-state index in [9.17, 15) is 0 Å². The number of nitrogens with two attached hydrogens (primary N) is 1. The Morgan fingerprint density at radius 1 is 1.21 bits per heavy atom. The molecule has 0 bridgehead atoms. The predicted molar refractivity (Wildman–Crippen MR) is 55.7 cm³/mol. The molecule has 0 aliphatic carbocycles. The van der Waals surface area contributed by atoms with Crippen molar-refractivity contribution in [1.82, 2.24) is 4.90 Å². The van der Waals surface area contributed by atoms with Crippen LogP contribution in [0.4, 0.5) is 0 Å². The first-order chi connectivity index (χ1) is 6.35. The van der Waals surface area contributed by atoms with Crippen LogP contribution in [0.5, 0.6) is 0 Å². The molecule has 6 nitrogen and oxygen atoms in total. The molecule has 0 rings (SSSR count). The highest BCUT2D eigenvalue weighted by atomic mass is 31.2. The lowest BCUT2D eigenvalue weighted by atomic mass is 10.4. The molecule has 0 saturated heterocycles. The number of nitrogens with zero attached hydrogens (tertiary/aromatic N) is 1. The molecule has 88 valence electrons. The first kappa shape index (κ1) is 16.5. The Balaban J connectivity index is 0. The molecule has 7 heteroatoms. The molecule has 0 aromatic rings. The van der Waals surface area contributed by atoms with Crippen molar-refractivity contribution in [2.24, 2.45) is 5.73 Å². The number of hydrogen-bond donors (Lipinski definition) is 4. The zero-order valence-electron chi connectivity index (χ0n) is 8.76. The van der Waals surface area contributed by atoms with Gasteiger partial charge in [0.25, 0.3) is 0 Å². The standard InChI is InChI=1S/C7H18N2.H3O4P/c1-3-9(4-2)7-5-6-8;1-5(2,3)4/h3-8H2,1-2H3;(H3,1,2,3,4). The average Bonchev–Trinajstić information content (AvgIpc) is 2.04. The van der Waals surface area contributed by atoms with E-state index in [1.54, 1.807) is 0 Å². The van der Waals surface area contributed by atoms with Gasteiger partial charge in [0.2, 0.25) is 0 Å². The fraction of sp³-hybridized carbons (Fsp3) is 1.00. The van der Waals surface area contributed by atoms with Gasteiger partial charge in [-0.05, 0) is 32.6 Å². The topological polar surface area (TPSA) is 107 Å². The van der Waals surface area contributed by atoms with Crippen LogP contribution < -0.4 is 5.73 Å². The van der Waals surface area contributed by atoms with Crippen molar-refractivity contribution in [2.45, 2.75) is 20.3 Å². The van der Waals surface area contributed by atoms with Crippen molar-refractivity contribution >= 4 is 7.82 Å². The van der Waals surface area contributed by atoms with E-state index in [0.717, 1.165) is 32.6 Å². The summed E-state index contributed by atoms with van der Waals surface area (Å²) < 4.78 is 8.88. The molecule has 0 amide bonds. The lowest BCUT2D eigenvalue weighted by molar-refractivity contribution is 0.275. The van der Waals surface area contributed by atoms with E-state index >= 15 is 0 Å². The summed E-state index contributed by atoms with van der Waals surface area (Å²) in [4.78, 5) is 23.9. The van der Waals surface area contributed by atoms with Crippen LogP contribution in [0.15, 0.2) is 0 Å². The van der Waals surface area contributed by atoms with Gasteiger partial charge in [-0.3, -0.25) is 0 Å². The molecular weight excluding hydrogens is 207 g/mol. The van der Waals surface area contributed by atoms with E-state index < -0.39 is 7.82 Å². The zero-order valence-corrected chi connectivity index (χ0v) is 9.65. The molecule has 0 saturated carbocycles. The Kier molecular flexibility index (Phi) is 11.3. The molecule has 0 aromatic heterocycles. The van der Waals surface area contributed by atoms with Crippen LogP contribution >= 0.6 is 7.82 Å². The van der Waals surface area contributed by atoms with Crippen molar-refractivity contribution in [3.8, 4) is 0 Å². The van der Waals surface area contributed by atoms with Crippen LogP contribution in [0.2, 0.25) is 0 Å². The van der Waals surface area contributed by atoms with Gasteiger partial charge in [0, 0.05) is 0 Å². The molecule has 0 aromatic carbocycles. The summed E-state index contributed by atoms with van der Waals surface area (Å²) in [5.74, 6) is 0. The zero-order chi connectivity index (χ0) is 11.6. The normalized spacial score (nSPS) is 11.1. The monoisotopic (exact) mass is 228 g/mol. The molecule has 0 aliphatic rings. The van der Waals surface area contributed by atoms with Gasteiger partial charge in [0.1, 0.15) is 0 Å². The average molecular weight is 228 g/mol. The van der Waals surface area contributed by atoms with Crippen molar-refractivity contribution in [3.05, 3.63) is 0 Å². The highest BCUT2D eigenvalue weighted by molar-refractivity contribution is 7.45. The Labute approximate surface area is 85.0 Å². The summed E-state index contributed by atoms with van der Waals surface area (Å²) >= 11 is 0. The molecular formula is C7H21N2O4P. The van der Waals surface area contributed by atoms with Crippen LogP contribution in [-0.2, 0) is 4.57 Å². The number of phosphoric acid groups is 1. The molecule has 0 radical (unpaired) electrons. The minimum atomic E-state index is -4.64. The summed E-state index contributed by atoms with van der Waals surface area (Å²) in [6.07, 6.45) is 1.13. The highest BCUT2D eigenvalue weighted by Crippen LogP contribution is 2.25. The highest BCUT2D eigenvalue weighted by Gasteiger charge is 2.00. The van der Waals surface area contributed by atoms with Crippen LogP contribution in [0, 0.1) is 0 Å². The maximum Gasteiger partial charge on any atom is 0.466 e. The van der Waals surface area contributed by atoms with Gasteiger partial charge in [-0.15, -0.1) is 0 Å². The second-order valence-corrected chi connectivity index (χ2v) is 3.71. The number of hydrogen-bond acceptors (Lipinski definition) is 3. The maximum atomic E-state index is 8.88. The lowest BCUT2D eigenvalue weighted by Gasteiger charge is -2.16. The third-order valence-electron chi connectivity index (χ3n) is 1.57. The lowest BCUT2D eigenvalue weighted by Crippen LogP contribution is -2.25. The van der Waals surface area contributed by atoms with Crippen LogP contribution in [0.3, 0.4) is 0 Å². The van der Waals surface area contributed by atoms with Gasteiger partial charge in [-0.25, -0.2) is 4.57 Å². The van der Waals surface area contributed by atoms with Gasteiger partial charge in [0.15, 0.2) is 0 Å². The minimum absolute atomic E-state index is 0.816. The second kappa shape index (κ2) is 9.58. The maximum absolute atomic E-state index is 8.88. The summed E-state index contributed by atoms with van der Waals surface area (Å²) in [5, 5.41) is 0. The van der Waals surface area contributed by atoms with Gasteiger partial charge in [-0.1, -0.05) is 13.8 Å². The van der Waals surface area contributed by atoms with Gasteiger partial charge in [0.05, 0.1) is 0 Å². The minimum Gasteiger partial charge on any atom is -0.330 e. The van der Waals surface area contributed by atoms with E-state index in [1.807, 2.05) is 0 Å². The summed E-state index contributed by atoms with van der Waals surface area (Å²) in [6, 6.07) is 0. The Bertz CT molecular complexity index is 150. The van der Waals surface area contributed by atoms with Gasteiger partial charge in [-0.2, -0.15) is 0 Å². The second-order valence-electron chi connectivity index (χ2n) is 2.68. The Morgan fingerprint density at radius 3 is 1.79 bits per heavy atom. The fourth-order valence-electron chi connectivity index (χ4n) is 0.855. The Hall–Kier alpha value is 0.0300. The predicted octanol–water partition coefficient (Wildman–Crippen LogP) is -0.252. The van der Waals surface area contributed by atoms with Gasteiger partial charge < -0.3 is 25.3 Å². The third-order valence-corrected chi connectivity index (χ3v) is 1.57. The van der Waals surface area contributed by atoms with E-state index in [-0.39, 0.29) is 0 Å². The van der Waals surface area contributed by atoms with E-state index in [1.165, 1.54) is 0 Å². The van der Waals surface area contributed by atoms with Crippen molar-refractivity contribution in [3.63, 3.8) is 0 Å². The summed E-state index contributed by atoms with van der Waals surface area (Å²) in [5.41, 5.74) is 5.36. The molecule has 0 unspecified atom stereocenters. The molecule has 0 atom stereocenters. The largest absolute Gasteiger partial charge is 0.466 e. The van der Waals surface area contributed by atoms with Crippen molar-refractivity contribution in [2.75, 3.05) is 26.2 Å². The molecule has 14 heavy (non-hydrogen) atoms. The molecule has 0 heterocycles. The summed E-state index contributed by atoms with van der Waals surface area (Å²) in [7, 11) is -4.64. The third kappa shape index (κ3) is 22.7. The van der Waals surface area contributed by atoms with Crippen molar-refractivity contribution < 1.29 is 19.2 Å². The van der Waals surface area contributed by atoms with E-state index in [2.05, 4.69) is 18.7 Å². The van der Waals surface area contributed by atoms with Crippen molar-refractivity contribution in [1.29, 1.82) is 0 Å². The van der Waals surface area contributed by atoms with Crippen LogP contribution in [-0.4, -0.2) is 45.8 Å². The van der Waals surface area contributed by atoms with E-state index in [4.69, 9.17) is 25.0 Å². The van der Waals surface area contributed by atoms with Crippen LogP contribution in [0.1, 0.15) is 20.3 Å². The van der Waals surface area contributed by atoms with E-state index in [0.29, 0.717) is 0 Å². The SMILES string of the molecule is CCN(CC)CCCN.O=P(O)(O)O. The molecule has 0 fully saturated rings. The Morgan fingerprint density at radius 2 is 1.57 bits per heavy atom. The molecule has 0 spiro atoms. The number of rotatable bonds is 5. The fourth-order valence-corrected chi connectivity index (χ4v) is 0.855. The first-order valence-electron chi connectivity index (χ1n) is 4.55. The van der Waals surface area contributed by atoms with Gasteiger partial charge >= 0.3 is 7.82 Å². The molecule has 0 aliphatic heterocycles. The molecule has 5 N–H and O–H groups in total.